The Morgan fingerprint density at radius 1 is 1.47 bits per heavy atom. The van der Waals surface area contributed by atoms with Crippen LogP contribution >= 0.6 is 27.3 Å². The summed E-state index contributed by atoms with van der Waals surface area (Å²) in [4.78, 5) is 24.4. The van der Waals surface area contributed by atoms with Crippen molar-refractivity contribution in [1.82, 2.24) is 10.2 Å². The van der Waals surface area contributed by atoms with E-state index in [-0.39, 0.29) is 11.9 Å². The van der Waals surface area contributed by atoms with E-state index < -0.39 is 5.97 Å². The van der Waals surface area contributed by atoms with Crippen molar-refractivity contribution in [3.63, 3.8) is 0 Å². The van der Waals surface area contributed by atoms with Gasteiger partial charge in [-0.05, 0) is 45.8 Å². The van der Waals surface area contributed by atoms with Gasteiger partial charge in [-0.15, -0.1) is 11.3 Å². The third kappa shape index (κ3) is 3.94. The predicted molar refractivity (Wildman–Crippen MR) is 76.2 cm³/mol. The van der Waals surface area contributed by atoms with Crippen molar-refractivity contribution in [1.29, 1.82) is 0 Å². The van der Waals surface area contributed by atoms with Crippen molar-refractivity contribution in [3.05, 3.63) is 20.8 Å². The lowest BCUT2D eigenvalue weighted by atomic mass is 9.97. The number of hydrogen-bond donors (Lipinski definition) is 2. The summed E-state index contributed by atoms with van der Waals surface area (Å²) >= 11 is 4.96. The number of rotatable bonds is 3. The smallest absolute Gasteiger partial charge is 0.317 e. The standard InChI is InChI=1S/C12H15BrN2O3S/c13-10-5-8(7-19-10)6-14-12(18)15-3-1-9(2-4-15)11(16)17/h5,7,9H,1-4,6H2,(H,14,18)(H,16,17). The van der Waals surface area contributed by atoms with Gasteiger partial charge in [0, 0.05) is 19.6 Å². The lowest BCUT2D eigenvalue weighted by molar-refractivity contribution is -0.143. The van der Waals surface area contributed by atoms with E-state index in [1.165, 1.54) is 0 Å². The summed E-state index contributed by atoms with van der Waals surface area (Å²) in [5.74, 6) is -1.07. The molecule has 19 heavy (non-hydrogen) atoms. The van der Waals surface area contributed by atoms with Gasteiger partial charge in [0.25, 0.3) is 0 Å². The van der Waals surface area contributed by atoms with Crippen LogP contribution in [-0.4, -0.2) is 35.1 Å². The molecule has 0 unspecified atom stereocenters. The summed E-state index contributed by atoms with van der Waals surface area (Å²) in [6.45, 7) is 1.52. The van der Waals surface area contributed by atoms with E-state index in [2.05, 4.69) is 21.2 Å². The largest absolute Gasteiger partial charge is 0.481 e. The Balaban J connectivity index is 1.77. The SMILES string of the molecule is O=C(O)C1CCN(C(=O)NCc2csc(Br)c2)CC1. The van der Waals surface area contributed by atoms with E-state index in [4.69, 9.17) is 5.11 Å². The third-order valence-corrected chi connectivity index (χ3v) is 4.75. The first-order valence-corrected chi connectivity index (χ1v) is 7.72. The summed E-state index contributed by atoms with van der Waals surface area (Å²) < 4.78 is 1.04. The first-order valence-electron chi connectivity index (χ1n) is 6.05. The number of urea groups is 1. The number of carbonyl (C=O) groups excluding carboxylic acids is 1. The normalized spacial score (nSPS) is 16.4. The fourth-order valence-corrected chi connectivity index (χ4v) is 3.27. The quantitative estimate of drug-likeness (QED) is 0.883. The molecule has 5 nitrogen and oxygen atoms in total. The predicted octanol–water partition coefficient (Wildman–Crippen LogP) is 2.52. The first-order chi connectivity index (χ1) is 9.06. The number of hydrogen-bond acceptors (Lipinski definition) is 3. The summed E-state index contributed by atoms with van der Waals surface area (Å²) in [5.41, 5.74) is 1.06. The molecule has 104 valence electrons. The van der Waals surface area contributed by atoms with Crippen LogP contribution < -0.4 is 5.32 Å². The number of piperidine rings is 1. The Hall–Kier alpha value is -1.08. The Labute approximate surface area is 123 Å². The molecule has 7 heteroatoms. The third-order valence-electron chi connectivity index (χ3n) is 3.20. The molecule has 0 spiro atoms. The Kier molecular flexibility index (Phi) is 4.81. The van der Waals surface area contributed by atoms with E-state index in [0.717, 1.165) is 9.35 Å². The van der Waals surface area contributed by atoms with Crippen LogP contribution in [0.15, 0.2) is 15.2 Å². The van der Waals surface area contributed by atoms with Crippen molar-refractivity contribution in [3.8, 4) is 0 Å². The zero-order valence-corrected chi connectivity index (χ0v) is 12.7. The van der Waals surface area contributed by atoms with Crippen molar-refractivity contribution < 1.29 is 14.7 Å². The van der Waals surface area contributed by atoms with E-state index in [9.17, 15) is 9.59 Å². The zero-order valence-electron chi connectivity index (χ0n) is 10.3. The highest BCUT2D eigenvalue weighted by atomic mass is 79.9. The van der Waals surface area contributed by atoms with Crippen molar-refractivity contribution in [2.75, 3.05) is 13.1 Å². The highest BCUT2D eigenvalue weighted by Crippen LogP contribution is 2.21. The van der Waals surface area contributed by atoms with Crippen molar-refractivity contribution in [2.45, 2.75) is 19.4 Å². The molecule has 1 fully saturated rings. The minimum Gasteiger partial charge on any atom is -0.481 e. The van der Waals surface area contributed by atoms with E-state index in [1.54, 1.807) is 16.2 Å². The summed E-state index contributed by atoms with van der Waals surface area (Å²) in [6.07, 6.45) is 1.07. The second-order valence-electron chi connectivity index (χ2n) is 4.52. The topological polar surface area (TPSA) is 69.6 Å². The number of amides is 2. The minimum absolute atomic E-state index is 0.119. The van der Waals surface area contributed by atoms with Gasteiger partial charge in [0.2, 0.25) is 0 Å². The van der Waals surface area contributed by atoms with Crippen LogP contribution in [0.1, 0.15) is 18.4 Å². The molecule has 2 N–H and O–H groups in total. The number of halogens is 1. The van der Waals surface area contributed by atoms with Crippen molar-refractivity contribution in [2.24, 2.45) is 5.92 Å². The molecule has 0 bridgehead atoms. The van der Waals surface area contributed by atoms with E-state index >= 15 is 0 Å². The monoisotopic (exact) mass is 346 g/mol. The van der Waals surface area contributed by atoms with Crippen LogP contribution in [0.4, 0.5) is 4.79 Å². The number of likely N-dealkylation sites (tertiary alicyclic amines) is 1. The maximum atomic E-state index is 11.9. The first kappa shape index (κ1) is 14.3. The number of carboxylic acids is 1. The maximum Gasteiger partial charge on any atom is 0.317 e. The molecule has 0 atom stereocenters. The van der Waals surface area contributed by atoms with Gasteiger partial charge < -0.3 is 15.3 Å². The molecule has 2 rings (SSSR count). The molecule has 1 saturated heterocycles. The fraction of sp³-hybridized carbons (Fsp3) is 0.500. The van der Waals surface area contributed by atoms with Crippen molar-refractivity contribution >= 4 is 39.3 Å². The lowest BCUT2D eigenvalue weighted by Gasteiger charge is -2.30. The van der Waals surface area contributed by atoms with Gasteiger partial charge in [-0.3, -0.25) is 4.79 Å². The van der Waals surface area contributed by atoms with Crippen LogP contribution in [-0.2, 0) is 11.3 Å². The zero-order chi connectivity index (χ0) is 13.8. The Morgan fingerprint density at radius 2 is 2.16 bits per heavy atom. The molecule has 1 aromatic heterocycles. The molecular weight excluding hydrogens is 332 g/mol. The maximum absolute atomic E-state index is 11.9. The van der Waals surface area contributed by atoms with Gasteiger partial charge in [-0.2, -0.15) is 0 Å². The van der Waals surface area contributed by atoms with E-state index in [0.29, 0.717) is 32.5 Å². The van der Waals surface area contributed by atoms with Gasteiger partial charge in [-0.25, -0.2) is 4.79 Å². The van der Waals surface area contributed by atoms with Gasteiger partial charge in [0.15, 0.2) is 0 Å². The number of carboxylic acid groups (broad SMARTS) is 1. The highest BCUT2D eigenvalue weighted by molar-refractivity contribution is 9.11. The molecular formula is C12H15BrN2O3S. The molecule has 0 radical (unpaired) electrons. The van der Waals surface area contributed by atoms with Crippen LogP contribution in [0.2, 0.25) is 0 Å². The van der Waals surface area contributed by atoms with Crippen LogP contribution in [0, 0.1) is 5.92 Å². The second kappa shape index (κ2) is 6.38. The fourth-order valence-electron chi connectivity index (χ4n) is 2.06. The molecule has 2 heterocycles. The van der Waals surface area contributed by atoms with Gasteiger partial charge in [-0.1, -0.05) is 0 Å². The molecule has 2 amide bonds. The molecule has 0 aliphatic carbocycles. The van der Waals surface area contributed by atoms with Gasteiger partial charge in [0.1, 0.15) is 0 Å². The van der Waals surface area contributed by atoms with Gasteiger partial charge in [0.05, 0.1) is 9.70 Å². The van der Waals surface area contributed by atoms with E-state index in [1.807, 2.05) is 11.4 Å². The summed E-state index contributed by atoms with van der Waals surface area (Å²) in [6, 6.07) is 1.85. The average molecular weight is 347 g/mol. The van der Waals surface area contributed by atoms with Crippen LogP contribution in [0.5, 0.6) is 0 Å². The van der Waals surface area contributed by atoms with Crippen LogP contribution in [0.25, 0.3) is 0 Å². The van der Waals surface area contributed by atoms with Gasteiger partial charge >= 0.3 is 12.0 Å². The Morgan fingerprint density at radius 3 is 2.68 bits per heavy atom. The molecule has 1 aliphatic heterocycles. The number of nitrogens with one attached hydrogen (secondary N) is 1. The number of nitrogens with zero attached hydrogens (tertiary/aromatic N) is 1. The minimum atomic E-state index is -0.761. The summed E-state index contributed by atoms with van der Waals surface area (Å²) in [7, 11) is 0. The Bertz CT molecular complexity index is 469. The number of thiophene rings is 1. The molecule has 1 aromatic rings. The van der Waals surface area contributed by atoms with Crippen LogP contribution in [0.3, 0.4) is 0 Å². The molecule has 0 saturated carbocycles. The second-order valence-corrected chi connectivity index (χ2v) is 6.81. The number of carbonyl (C=O) groups is 2. The lowest BCUT2D eigenvalue weighted by Crippen LogP contribution is -2.45. The average Bonchev–Trinajstić information content (AvgIpc) is 2.82. The number of aliphatic carboxylic acids is 1. The summed E-state index contributed by atoms with van der Waals surface area (Å²) in [5, 5.41) is 13.7. The molecule has 1 aliphatic rings. The highest BCUT2D eigenvalue weighted by Gasteiger charge is 2.26. The molecule has 0 aromatic carbocycles.